The number of anilines is 2. The first-order valence-electron chi connectivity index (χ1n) is 6.00. The number of hydrogen-bond donors (Lipinski definition) is 3. The Morgan fingerprint density at radius 2 is 1.84 bits per heavy atom. The molecule has 0 atom stereocenters. The maximum atomic E-state index is 12.4. The molecule has 0 saturated heterocycles. The predicted molar refractivity (Wildman–Crippen MR) is 65.5 cm³/mol. The van der Waals surface area contributed by atoms with Gasteiger partial charge in [-0.05, 0) is 12.8 Å². The average Bonchev–Trinajstić information content (AvgIpc) is 2.32. The quantitative estimate of drug-likeness (QED) is 0.665. The van der Waals surface area contributed by atoms with Crippen molar-refractivity contribution in [3.8, 4) is 0 Å². The molecule has 0 aliphatic heterocycles. The van der Waals surface area contributed by atoms with E-state index < -0.39 is 12.0 Å². The largest absolute Gasteiger partial charge is 0.451 e. The lowest BCUT2D eigenvalue weighted by atomic mass is 10.2. The van der Waals surface area contributed by atoms with E-state index in [9.17, 15) is 13.2 Å². The third kappa shape index (κ3) is 5.73. The highest BCUT2D eigenvalue weighted by molar-refractivity contribution is 5.44. The van der Waals surface area contributed by atoms with Gasteiger partial charge in [-0.3, -0.25) is 0 Å². The molecule has 0 radical (unpaired) electrons. The highest BCUT2D eigenvalue weighted by atomic mass is 19.4. The fourth-order valence-corrected chi connectivity index (χ4v) is 1.49. The zero-order chi connectivity index (χ0) is 14.3. The van der Waals surface area contributed by atoms with Crippen molar-refractivity contribution in [3.05, 3.63) is 11.9 Å². The maximum Gasteiger partial charge on any atom is 0.451 e. The first-order valence-corrected chi connectivity index (χ1v) is 6.00. The van der Waals surface area contributed by atoms with Crippen molar-refractivity contribution < 1.29 is 18.3 Å². The minimum absolute atomic E-state index is 0.0713. The molecular weight excluding hydrogens is 261 g/mol. The number of aliphatic hydroxyl groups excluding tert-OH is 1. The van der Waals surface area contributed by atoms with Gasteiger partial charge in [0, 0.05) is 19.2 Å². The van der Waals surface area contributed by atoms with E-state index in [1.54, 1.807) is 0 Å². The number of aliphatic hydroxyl groups is 1. The molecule has 4 N–H and O–H groups in total. The SMILES string of the molecule is Nc1cc(NCCCCCCO)nc(C(F)(F)F)n1. The summed E-state index contributed by atoms with van der Waals surface area (Å²) < 4.78 is 37.3. The van der Waals surface area contributed by atoms with E-state index in [2.05, 4.69) is 15.3 Å². The highest BCUT2D eigenvalue weighted by Gasteiger charge is 2.35. The van der Waals surface area contributed by atoms with Gasteiger partial charge in [-0.15, -0.1) is 0 Å². The monoisotopic (exact) mass is 278 g/mol. The number of nitrogens with zero attached hydrogens (tertiary/aromatic N) is 2. The van der Waals surface area contributed by atoms with Crippen molar-refractivity contribution in [2.45, 2.75) is 31.9 Å². The minimum Gasteiger partial charge on any atom is -0.396 e. The Morgan fingerprint density at radius 3 is 2.47 bits per heavy atom. The lowest BCUT2D eigenvalue weighted by molar-refractivity contribution is -0.144. The van der Waals surface area contributed by atoms with Crippen molar-refractivity contribution in [1.29, 1.82) is 0 Å². The lowest BCUT2D eigenvalue weighted by Gasteiger charge is -2.10. The molecule has 0 fully saturated rings. The Hall–Kier alpha value is -1.57. The van der Waals surface area contributed by atoms with Gasteiger partial charge in [0.05, 0.1) is 0 Å². The molecule has 1 rings (SSSR count). The van der Waals surface area contributed by atoms with Gasteiger partial charge in [-0.25, -0.2) is 9.97 Å². The summed E-state index contributed by atoms with van der Waals surface area (Å²) in [5.74, 6) is -1.39. The van der Waals surface area contributed by atoms with Gasteiger partial charge in [0.25, 0.3) is 0 Å². The van der Waals surface area contributed by atoms with E-state index in [0.29, 0.717) is 6.54 Å². The van der Waals surface area contributed by atoms with E-state index in [1.807, 2.05) is 0 Å². The van der Waals surface area contributed by atoms with Gasteiger partial charge in [0.15, 0.2) is 0 Å². The summed E-state index contributed by atoms with van der Waals surface area (Å²) in [5, 5.41) is 11.4. The van der Waals surface area contributed by atoms with Crippen LogP contribution in [0.3, 0.4) is 0 Å². The van der Waals surface area contributed by atoms with Crippen LogP contribution in [0.25, 0.3) is 0 Å². The Morgan fingerprint density at radius 1 is 1.16 bits per heavy atom. The molecule has 0 aromatic carbocycles. The van der Waals surface area contributed by atoms with Crippen LogP contribution in [0.1, 0.15) is 31.5 Å². The number of nitrogens with one attached hydrogen (secondary N) is 1. The molecule has 0 amide bonds. The van der Waals surface area contributed by atoms with Crippen LogP contribution >= 0.6 is 0 Å². The van der Waals surface area contributed by atoms with Crippen LogP contribution in [0, 0.1) is 0 Å². The van der Waals surface area contributed by atoms with Gasteiger partial charge in [-0.1, -0.05) is 12.8 Å². The molecule has 1 heterocycles. The summed E-state index contributed by atoms with van der Waals surface area (Å²) in [6.07, 6.45) is -1.31. The summed E-state index contributed by atoms with van der Waals surface area (Å²) in [7, 11) is 0. The minimum atomic E-state index is -4.60. The molecule has 0 spiro atoms. The molecule has 1 aromatic rings. The van der Waals surface area contributed by atoms with Gasteiger partial charge in [0.2, 0.25) is 5.82 Å². The van der Waals surface area contributed by atoms with Crippen molar-refractivity contribution in [2.75, 3.05) is 24.2 Å². The molecule has 0 aliphatic rings. The van der Waals surface area contributed by atoms with E-state index in [4.69, 9.17) is 10.8 Å². The lowest BCUT2D eigenvalue weighted by Crippen LogP contribution is -2.15. The van der Waals surface area contributed by atoms with Crippen LogP contribution in [0.2, 0.25) is 0 Å². The number of hydrogen-bond acceptors (Lipinski definition) is 5. The van der Waals surface area contributed by atoms with Gasteiger partial charge < -0.3 is 16.2 Å². The number of aromatic nitrogens is 2. The summed E-state index contributed by atoms with van der Waals surface area (Å²) >= 11 is 0. The van der Waals surface area contributed by atoms with Crippen LogP contribution in [0.5, 0.6) is 0 Å². The number of unbranched alkanes of at least 4 members (excludes halogenated alkanes) is 3. The van der Waals surface area contributed by atoms with E-state index in [1.165, 1.54) is 6.07 Å². The van der Waals surface area contributed by atoms with Crippen LogP contribution in [0.15, 0.2) is 6.07 Å². The van der Waals surface area contributed by atoms with E-state index >= 15 is 0 Å². The topological polar surface area (TPSA) is 84.1 Å². The third-order valence-corrected chi connectivity index (χ3v) is 2.39. The Kier molecular flexibility index (Phi) is 5.81. The maximum absolute atomic E-state index is 12.4. The highest BCUT2D eigenvalue weighted by Crippen LogP contribution is 2.27. The molecule has 0 saturated carbocycles. The number of nitrogens with two attached hydrogens (primary N) is 1. The number of rotatable bonds is 7. The standard InChI is InChI=1S/C11H17F3N4O/c12-11(13,14)10-17-8(15)7-9(18-10)16-5-3-1-2-4-6-19/h7,19H,1-6H2,(H3,15,16,17,18). The fraction of sp³-hybridized carbons (Fsp3) is 0.636. The summed E-state index contributed by atoms with van der Waals surface area (Å²) in [6, 6.07) is 1.27. The Bertz CT molecular complexity index is 398. The predicted octanol–water partition coefficient (Wildman–Crippen LogP) is 2.04. The molecule has 8 heteroatoms. The number of nitrogen functional groups attached to an aromatic ring is 1. The molecule has 5 nitrogen and oxygen atoms in total. The van der Waals surface area contributed by atoms with Gasteiger partial charge in [0.1, 0.15) is 11.6 Å². The van der Waals surface area contributed by atoms with Crippen molar-refractivity contribution in [2.24, 2.45) is 0 Å². The zero-order valence-corrected chi connectivity index (χ0v) is 10.4. The summed E-state index contributed by atoms with van der Waals surface area (Å²) in [6.45, 7) is 0.657. The second kappa shape index (κ2) is 7.13. The summed E-state index contributed by atoms with van der Waals surface area (Å²) in [4.78, 5) is 6.52. The van der Waals surface area contributed by atoms with Crippen LogP contribution in [-0.2, 0) is 6.18 Å². The third-order valence-electron chi connectivity index (χ3n) is 2.39. The molecule has 0 unspecified atom stereocenters. The zero-order valence-electron chi connectivity index (χ0n) is 10.4. The number of alkyl halides is 3. The van der Waals surface area contributed by atoms with Crippen molar-refractivity contribution >= 4 is 11.6 Å². The number of halogens is 3. The van der Waals surface area contributed by atoms with Crippen molar-refractivity contribution in [1.82, 2.24) is 9.97 Å². The normalized spacial score (nSPS) is 11.6. The average molecular weight is 278 g/mol. The molecule has 0 bridgehead atoms. The van der Waals surface area contributed by atoms with Crippen LogP contribution in [-0.4, -0.2) is 28.2 Å². The molecule has 1 aromatic heterocycles. The van der Waals surface area contributed by atoms with Gasteiger partial charge in [-0.2, -0.15) is 13.2 Å². The van der Waals surface area contributed by atoms with Gasteiger partial charge >= 0.3 is 6.18 Å². The second-order valence-electron chi connectivity index (χ2n) is 4.06. The molecule has 19 heavy (non-hydrogen) atoms. The van der Waals surface area contributed by atoms with Crippen LogP contribution < -0.4 is 11.1 Å². The van der Waals surface area contributed by atoms with Crippen molar-refractivity contribution in [3.63, 3.8) is 0 Å². The summed E-state index contributed by atoms with van der Waals surface area (Å²) in [5.41, 5.74) is 5.31. The molecular formula is C11H17F3N4O. The van der Waals surface area contributed by atoms with E-state index in [0.717, 1.165) is 25.7 Å². The molecule has 108 valence electrons. The Labute approximate surface area is 109 Å². The first-order chi connectivity index (χ1) is 8.93. The second-order valence-corrected chi connectivity index (χ2v) is 4.06. The fourth-order valence-electron chi connectivity index (χ4n) is 1.49. The smallest absolute Gasteiger partial charge is 0.396 e. The Balaban J connectivity index is 2.48. The van der Waals surface area contributed by atoms with Crippen LogP contribution in [0.4, 0.5) is 24.8 Å². The molecule has 0 aliphatic carbocycles. The van der Waals surface area contributed by atoms with E-state index in [-0.39, 0.29) is 18.2 Å². The first kappa shape index (κ1) is 15.5.